The molecule has 0 aliphatic carbocycles. The van der Waals surface area contributed by atoms with E-state index in [4.69, 9.17) is 18.9 Å². The van der Waals surface area contributed by atoms with Crippen LogP contribution in [0.3, 0.4) is 0 Å². The number of hydrogen-bond donors (Lipinski definition) is 1. The summed E-state index contributed by atoms with van der Waals surface area (Å²) in [6, 6.07) is 9.63. The molecule has 2 amide bonds. The zero-order chi connectivity index (χ0) is 21.7. The molecule has 1 saturated heterocycles. The lowest BCUT2D eigenvalue weighted by Crippen LogP contribution is -2.34. The third-order valence-electron chi connectivity index (χ3n) is 4.72. The largest absolute Gasteiger partial charge is 0.494 e. The van der Waals surface area contributed by atoms with Crippen molar-refractivity contribution in [3.63, 3.8) is 0 Å². The second-order valence-corrected chi connectivity index (χ2v) is 6.72. The Balaban J connectivity index is 1.78. The number of imide groups is 1. The number of nitrogens with one attached hydrogen (secondary N) is 1. The molecule has 160 valence electrons. The summed E-state index contributed by atoms with van der Waals surface area (Å²) in [5.74, 6) is 1.47. The molecule has 0 saturated carbocycles. The van der Waals surface area contributed by atoms with Crippen molar-refractivity contribution < 1.29 is 28.5 Å². The Morgan fingerprint density at radius 3 is 2.17 bits per heavy atom. The van der Waals surface area contributed by atoms with Crippen LogP contribution in [0, 0.1) is 0 Å². The molecular weight excluding hydrogens is 388 g/mol. The fourth-order valence-corrected chi connectivity index (χ4v) is 3.29. The third-order valence-corrected chi connectivity index (χ3v) is 4.72. The van der Waals surface area contributed by atoms with Crippen molar-refractivity contribution in [1.29, 1.82) is 0 Å². The zero-order valence-corrected chi connectivity index (χ0v) is 17.6. The standard InChI is InChI=1S/C22H26N2O6/c1-5-10-30-16-8-6-15(7-9-16)24-20(25)13-17(22(24)26)23-14-11-18(27-2)21(29-4)19(12-14)28-3/h6-9,11-12,17,23H,5,10,13H2,1-4H3/t17-/m1/s1. The van der Waals surface area contributed by atoms with Crippen molar-refractivity contribution in [2.75, 3.05) is 38.2 Å². The lowest BCUT2D eigenvalue weighted by Gasteiger charge is -2.18. The van der Waals surface area contributed by atoms with Gasteiger partial charge in [-0.3, -0.25) is 9.59 Å². The van der Waals surface area contributed by atoms with Crippen LogP contribution in [-0.2, 0) is 9.59 Å². The highest BCUT2D eigenvalue weighted by atomic mass is 16.5. The van der Waals surface area contributed by atoms with Crippen LogP contribution < -0.4 is 29.2 Å². The second-order valence-electron chi connectivity index (χ2n) is 6.72. The van der Waals surface area contributed by atoms with Gasteiger partial charge in [-0.05, 0) is 30.7 Å². The van der Waals surface area contributed by atoms with E-state index < -0.39 is 6.04 Å². The molecule has 2 aromatic rings. The van der Waals surface area contributed by atoms with Crippen LogP contribution in [0.1, 0.15) is 19.8 Å². The van der Waals surface area contributed by atoms with Crippen LogP contribution in [0.25, 0.3) is 0 Å². The highest BCUT2D eigenvalue weighted by Crippen LogP contribution is 2.40. The number of anilines is 2. The minimum absolute atomic E-state index is 0.0452. The zero-order valence-electron chi connectivity index (χ0n) is 17.6. The van der Waals surface area contributed by atoms with Gasteiger partial charge in [0.15, 0.2) is 11.5 Å². The lowest BCUT2D eigenvalue weighted by atomic mass is 10.2. The van der Waals surface area contributed by atoms with Gasteiger partial charge >= 0.3 is 0 Å². The predicted molar refractivity (Wildman–Crippen MR) is 113 cm³/mol. The van der Waals surface area contributed by atoms with E-state index >= 15 is 0 Å². The van der Waals surface area contributed by atoms with Crippen LogP contribution in [0.15, 0.2) is 36.4 Å². The van der Waals surface area contributed by atoms with Crippen molar-refractivity contribution in [1.82, 2.24) is 0 Å². The molecule has 1 heterocycles. The van der Waals surface area contributed by atoms with Gasteiger partial charge in [-0.1, -0.05) is 6.92 Å². The highest BCUT2D eigenvalue weighted by Gasteiger charge is 2.39. The molecule has 3 rings (SSSR count). The quantitative estimate of drug-likeness (QED) is 0.631. The number of carbonyl (C=O) groups is 2. The van der Waals surface area contributed by atoms with Gasteiger partial charge in [0.05, 0.1) is 40.0 Å². The fourth-order valence-electron chi connectivity index (χ4n) is 3.29. The smallest absolute Gasteiger partial charge is 0.256 e. The molecule has 8 heteroatoms. The van der Waals surface area contributed by atoms with E-state index in [0.717, 1.165) is 6.42 Å². The Hall–Kier alpha value is -3.42. The van der Waals surface area contributed by atoms with Gasteiger partial charge in [-0.15, -0.1) is 0 Å². The predicted octanol–water partition coefficient (Wildman–Crippen LogP) is 3.25. The lowest BCUT2D eigenvalue weighted by molar-refractivity contribution is -0.121. The molecule has 30 heavy (non-hydrogen) atoms. The van der Waals surface area contributed by atoms with Gasteiger partial charge < -0.3 is 24.3 Å². The van der Waals surface area contributed by atoms with E-state index in [1.165, 1.54) is 26.2 Å². The molecule has 1 aliphatic heterocycles. The van der Waals surface area contributed by atoms with E-state index in [9.17, 15) is 9.59 Å². The fraction of sp³-hybridized carbons (Fsp3) is 0.364. The number of nitrogens with zero attached hydrogens (tertiary/aromatic N) is 1. The molecule has 8 nitrogen and oxygen atoms in total. The van der Waals surface area contributed by atoms with Crippen LogP contribution >= 0.6 is 0 Å². The maximum atomic E-state index is 12.9. The van der Waals surface area contributed by atoms with Crippen LogP contribution in [0.5, 0.6) is 23.0 Å². The normalized spacial score (nSPS) is 15.9. The number of hydrogen-bond acceptors (Lipinski definition) is 7. The van der Waals surface area contributed by atoms with E-state index in [2.05, 4.69) is 5.32 Å². The monoisotopic (exact) mass is 414 g/mol. The summed E-state index contributed by atoms with van der Waals surface area (Å²) in [5.41, 5.74) is 1.10. The number of carbonyl (C=O) groups excluding carboxylic acids is 2. The maximum absolute atomic E-state index is 12.9. The first-order valence-corrected chi connectivity index (χ1v) is 9.68. The molecular formula is C22H26N2O6. The minimum atomic E-state index is -0.698. The van der Waals surface area contributed by atoms with Crippen molar-refractivity contribution in [3.8, 4) is 23.0 Å². The molecule has 0 aromatic heterocycles. The molecule has 2 aromatic carbocycles. The Morgan fingerprint density at radius 2 is 1.63 bits per heavy atom. The van der Waals surface area contributed by atoms with E-state index in [0.29, 0.717) is 41.0 Å². The first-order chi connectivity index (χ1) is 14.5. The molecule has 0 radical (unpaired) electrons. The molecule has 1 N–H and O–H groups in total. The molecule has 1 fully saturated rings. The van der Waals surface area contributed by atoms with Crippen LogP contribution in [0.4, 0.5) is 11.4 Å². The second kappa shape index (κ2) is 9.39. The van der Waals surface area contributed by atoms with Crippen LogP contribution in [0.2, 0.25) is 0 Å². The molecule has 0 spiro atoms. The highest BCUT2D eigenvalue weighted by molar-refractivity contribution is 6.23. The third kappa shape index (κ3) is 4.27. The van der Waals surface area contributed by atoms with Gasteiger partial charge in [-0.2, -0.15) is 0 Å². The van der Waals surface area contributed by atoms with E-state index in [1.807, 2.05) is 6.92 Å². The Bertz CT molecular complexity index is 887. The molecule has 0 bridgehead atoms. The van der Waals surface area contributed by atoms with Gasteiger partial charge in [0.1, 0.15) is 11.8 Å². The van der Waals surface area contributed by atoms with E-state index in [1.54, 1.807) is 36.4 Å². The summed E-state index contributed by atoms with van der Waals surface area (Å²) in [4.78, 5) is 26.7. The maximum Gasteiger partial charge on any atom is 0.256 e. The van der Waals surface area contributed by atoms with Gasteiger partial charge in [0.25, 0.3) is 5.91 Å². The Kier molecular flexibility index (Phi) is 6.66. The molecule has 1 atom stereocenters. The van der Waals surface area contributed by atoms with Gasteiger partial charge in [0, 0.05) is 17.8 Å². The first kappa shape index (κ1) is 21.3. The van der Waals surface area contributed by atoms with Crippen molar-refractivity contribution in [3.05, 3.63) is 36.4 Å². The Labute approximate surface area is 175 Å². The SMILES string of the molecule is CCCOc1ccc(N2C(=O)C[C@@H](Nc3cc(OC)c(OC)c(OC)c3)C2=O)cc1. The summed E-state index contributed by atoms with van der Waals surface area (Å²) in [6.45, 7) is 2.64. The number of amides is 2. The topological polar surface area (TPSA) is 86.3 Å². The number of rotatable bonds is 9. The number of benzene rings is 2. The summed E-state index contributed by atoms with van der Waals surface area (Å²) in [7, 11) is 4.55. The summed E-state index contributed by atoms with van der Waals surface area (Å²) in [6.07, 6.45) is 0.947. The van der Waals surface area contributed by atoms with Crippen molar-refractivity contribution in [2.24, 2.45) is 0 Å². The number of methoxy groups -OCH3 is 3. The summed E-state index contributed by atoms with van der Waals surface area (Å²) >= 11 is 0. The van der Waals surface area contributed by atoms with Gasteiger partial charge in [-0.25, -0.2) is 4.90 Å². The summed E-state index contributed by atoms with van der Waals surface area (Å²) in [5, 5.41) is 3.11. The molecule has 0 unspecified atom stereocenters. The summed E-state index contributed by atoms with van der Waals surface area (Å²) < 4.78 is 21.6. The average Bonchev–Trinajstić information content (AvgIpc) is 3.04. The van der Waals surface area contributed by atoms with Crippen LogP contribution in [-0.4, -0.2) is 45.8 Å². The number of ether oxygens (including phenoxy) is 4. The van der Waals surface area contributed by atoms with Crippen molar-refractivity contribution >= 4 is 23.2 Å². The van der Waals surface area contributed by atoms with Gasteiger partial charge in [0.2, 0.25) is 11.7 Å². The molecule has 1 aliphatic rings. The Morgan fingerprint density at radius 1 is 1.00 bits per heavy atom. The average molecular weight is 414 g/mol. The van der Waals surface area contributed by atoms with Crippen molar-refractivity contribution in [2.45, 2.75) is 25.8 Å². The minimum Gasteiger partial charge on any atom is -0.494 e. The first-order valence-electron chi connectivity index (χ1n) is 9.68. The van der Waals surface area contributed by atoms with E-state index in [-0.39, 0.29) is 18.2 Å².